The molecule has 0 aliphatic rings. The monoisotopic (exact) mass is 427 g/mol. The van der Waals surface area contributed by atoms with E-state index < -0.39 is 0 Å². The highest BCUT2D eigenvalue weighted by Crippen LogP contribution is 2.46. The lowest BCUT2D eigenvalue weighted by Gasteiger charge is -2.28. The van der Waals surface area contributed by atoms with Crippen LogP contribution in [0.1, 0.15) is 16.7 Å². The Balaban J connectivity index is 1.84. The second-order valence-electron chi connectivity index (χ2n) is 7.79. The molecule has 162 valence electrons. The van der Waals surface area contributed by atoms with Gasteiger partial charge in [0.05, 0.1) is 17.1 Å². The first-order valence-electron chi connectivity index (χ1n) is 10.3. The number of aryl methyl sites for hydroxylation is 3. The largest absolute Gasteiger partial charge is 0.505 e. The van der Waals surface area contributed by atoms with Crippen molar-refractivity contribution in [2.45, 2.75) is 20.8 Å². The van der Waals surface area contributed by atoms with Gasteiger partial charge in [0, 0.05) is 6.07 Å². The Labute approximate surface area is 187 Å². The van der Waals surface area contributed by atoms with Gasteiger partial charge in [-0.25, -0.2) is 0 Å². The molecule has 0 saturated heterocycles. The van der Waals surface area contributed by atoms with E-state index in [-0.39, 0.29) is 17.2 Å². The van der Waals surface area contributed by atoms with E-state index in [0.717, 1.165) is 16.7 Å². The Hall–Kier alpha value is -4.12. The van der Waals surface area contributed by atoms with Crippen LogP contribution >= 0.6 is 0 Å². The predicted octanol–water partition coefficient (Wildman–Crippen LogP) is 6.99. The van der Waals surface area contributed by atoms with E-state index in [0.29, 0.717) is 28.6 Å². The van der Waals surface area contributed by atoms with Crippen molar-refractivity contribution in [3.63, 3.8) is 0 Å². The molecule has 3 N–H and O–H groups in total. The molecular weight excluding hydrogens is 402 g/mol. The van der Waals surface area contributed by atoms with Crippen molar-refractivity contribution < 1.29 is 20.1 Å². The summed E-state index contributed by atoms with van der Waals surface area (Å²) in [5.41, 5.74) is 4.10. The van der Waals surface area contributed by atoms with Gasteiger partial charge in [0.2, 0.25) is 0 Å². The summed E-state index contributed by atoms with van der Waals surface area (Å²) in [5, 5.41) is 31.9. The second kappa shape index (κ2) is 8.55. The van der Waals surface area contributed by atoms with Gasteiger partial charge in [0.25, 0.3) is 0 Å². The first kappa shape index (κ1) is 21.1. The number of phenolic OH excluding ortho intramolecular Hbond substituents is 3. The number of benzene rings is 4. The van der Waals surface area contributed by atoms with Crippen LogP contribution in [0.4, 0.5) is 17.1 Å². The Bertz CT molecular complexity index is 1230. The summed E-state index contributed by atoms with van der Waals surface area (Å²) in [4.78, 5) is 1.78. The summed E-state index contributed by atoms with van der Waals surface area (Å²) < 4.78 is 5.93. The van der Waals surface area contributed by atoms with Gasteiger partial charge >= 0.3 is 0 Å². The Morgan fingerprint density at radius 3 is 1.84 bits per heavy atom. The average molecular weight is 428 g/mol. The van der Waals surface area contributed by atoms with Crippen LogP contribution in [-0.2, 0) is 0 Å². The van der Waals surface area contributed by atoms with E-state index in [9.17, 15) is 15.3 Å². The highest BCUT2D eigenvalue weighted by atomic mass is 16.5. The van der Waals surface area contributed by atoms with Gasteiger partial charge in [0.1, 0.15) is 17.2 Å². The third kappa shape index (κ3) is 4.05. The van der Waals surface area contributed by atoms with Gasteiger partial charge in [-0.1, -0.05) is 36.4 Å². The molecule has 0 aliphatic heterocycles. The molecule has 0 fully saturated rings. The van der Waals surface area contributed by atoms with E-state index in [2.05, 4.69) is 0 Å². The molecule has 0 saturated carbocycles. The standard InChI is InChI=1S/C27H25NO4/c1-17-13-14-25(24(29)15-17)32-21-10-6-9-20(16-21)28(22-11-4-7-18(2)26(22)30)23-12-5-8-19(3)27(23)31/h4-16,29-31H,1-3H3. The first-order chi connectivity index (χ1) is 15.3. The maximum atomic E-state index is 10.8. The molecule has 32 heavy (non-hydrogen) atoms. The SMILES string of the molecule is Cc1ccc(Oc2cccc(N(c3cccc(C)c3O)c3cccc(C)c3O)c2)c(O)c1. The smallest absolute Gasteiger partial charge is 0.169 e. The summed E-state index contributed by atoms with van der Waals surface area (Å²) in [6.45, 7) is 5.55. The number of hydrogen-bond acceptors (Lipinski definition) is 5. The topological polar surface area (TPSA) is 73.2 Å². The molecule has 5 heteroatoms. The van der Waals surface area contributed by atoms with E-state index in [4.69, 9.17) is 4.74 Å². The van der Waals surface area contributed by atoms with E-state index in [1.165, 1.54) is 0 Å². The Morgan fingerprint density at radius 2 is 1.25 bits per heavy atom. The van der Waals surface area contributed by atoms with Crippen molar-refractivity contribution >= 4 is 17.1 Å². The maximum absolute atomic E-state index is 10.8. The normalized spacial score (nSPS) is 10.7. The fraction of sp³-hybridized carbons (Fsp3) is 0.111. The van der Waals surface area contributed by atoms with Crippen molar-refractivity contribution in [3.05, 3.63) is 95.6 Å². The molecule has 0 bridgehead atoms. The molecule has 5 nitrogen and oxygen atoms in total. The number of aromatic hydroxyl groups is 3. The van der Waals surface area contributed by atoms with E-state index >= 15 is 0 Å². The lowest BCUT2D eigenvalue weighted by molar-refractivity contribution is 0.411. The lowest BCUT2D eigenvalue weighted by atomic mass is 10.1. The molecule has 0 aromatic heterocycles. The first-order valence-corrected chi connectivity index (χ1v) is 10.3. The molecule has 4 rings (SSSR count). The van der Waals surface area contributed by atoms with Crippen LogP contribution in [0.3, 0.4) is 0 Å². The van der Waals surface area contributed by atoms with Crippen LogP contribution < -0.4 is 9.64 Å². The molecule has 0 atom stereocenters. The molecule has 4 aromatic carbocycles. The highest BCUT2D eigenvalue weighted by molar-refractivity contribution is 5.84. The summed E-state index contributed by atoms with van der Waals surface area (Å²) in [6, 6.07) is 23.4. The minimum absolute atomic E-state index is 0.0555. The van der Waals surface area contributed by atoms with Crippen LogP contribution in [0.2, 0.25) is 0 Å². The van der Waals surface area contributed by atoms with Gasteiger partial charge in [-0.05, 0) is 73.9 Å². The lowest BCUT2D eigenvalue weighted by Crippen LogP contribution is -2.11. The maximum Gasteiger partial charge on any atom is 0.169 e. The Morgan fingerprint density at radius 1 is 0.656 bits per heavy atom. The second-order valence-corrected chi connectivity index (χ2v) is 7.79. The molecule has 0 amide bonds. The summed E-state index contributed by atoms with van der Waals surface area (Å²) in [5.74, 6) is 1.15. The molecule has 0 unspecified atom stereocenters. The van der Waals surface area contributed by atoms with Crippen molar-refractivity contribution in [1.29, 1.82) is 0 Å². The predicted molar refractivity (Wildman–Crippen MR) is 127 cm³/mol. The van der Waals surface area contributed by atoms with Crippen LogP contribution in [0.5, 0.6) is 28.7 Å². The summed E-state index contributed by atoms with van der Waals surface area (Å²) in [7, 11) is 0. The highest BCUT2D eigenvalue weighted by Gasteiger charge is 2.21. The van der Waals surface area contributed by atoms with Crippen LogP contribution in [0.25, 0.3) is 0 Å². The Kier molecular flexibility index (Phi) is 5.65. The fourth-order valence-electron chi connectivity index (χ4n) is 3.58. The number of phenols is 3. The number of rotatable bonds is 5. The average Bonchev–Trinajstić information content (AvgIpc) is 2.76. The zero-order valence-corrected chi connectivity index (χ0v) is 18.2. The number of anilines is 3. The van der Waals surface area contributed by atoms with Crippen molar-refractivity contribution in [2.24, 2.45) is 0 Å². The zero-order chi connectivity index (χ0) is 22.8. The number of ether oxygens (including phenoxy) is 1. The number of nitrogens with zero attached hydrogens (tertiary/aromatic N) is 1. The van der Waals surface area contributed by atoms with Crippen molar-refractivity contribution in [1.82, 2.24) is 0 Å². The summed E-state index contributed by atoms with van der Waals surface area (Å²) in [6.07, 6.45) is 0. The molecular formula is C27H25NO4. The fourth-order valence-corrected chi connectivity index (χ4v) is 3.58. The quantitative estimate of drug-likeness (QED) is 0.320. The molecule has 0 heterocycles. The van der Waals surface area contributed by atoms with Crippen LogP contribution in [0.15, 0.2) is 78.9 Å². The van der Waals surface area contributed by atoms with Gasteiger partial charge < -0.3 is 25.0 Å². The minimum Gasteiger partial charge on any atom is -0.505 e. The van der Waals surface area contributed by atoms with Crippen molar-refractivity contribution in [3.8, 4) is 28.7 Å². The van der Waals surface area contributed by atoms with Crippen LogP contribution in [0, 0.1) is 20.8 Å². The summed E-state index contributed by atoms with van der Waals surface area (Å²) >= 11 is 0. The van der Waals surface area contributed by atoms with E-state index in [1.807, 2.05) is 63.2 Å². The number of hydrogen-bond donors (Lipinski definition) is 3. The van der Waals surface area contributed by atoms with Gasteiger partial charge in [-0.15, -0.1) is 0 Å². The number of para-hydroxylation sites is 2. The van der Waals surface area contributed by atoms with Crippen molar-refractivity contribution in [2.75, 3.05) is 4.90 Å². The van der Waals surface area contributed by atoms with Crippen LogP contribution in [-0.4, -0.2) is 15.3 Å². The molecule has 0 aliphatic carbocycles. The van der Waals surface area contributed by atoms with Gasteiger partial charge in [0.15, 0.2) is 11.5 Å². The van der Waals surface area contributed by atoms with Gasteiger partial charge in [-0.3, -0.25) is 0 Å². The zero-order valence-electron chi connectivity index (χ0n) is 18.2. The third-order valence-electron chi connectivity index (χ3n) is 5.33. The minimum atomic E-state index is 0.0555. The molecule has 0 radical (unpaired) electrons. The molecule has 4 aromatic rings. The molecule has 0 spiro atoms. The third-order valence-corrected chi connectivity index (χ3v) is 5.33. The van der Waals surface area contributed by atoms with E-state index in [1.54, 1.807) is 41.3 Å². The van der Waals surface area contributed by atoms with Gasteiger partial charge in [-0.2, -0.15) is 0 Å².